The van der Waals surface area contributed by atoms with Crippen molar-refractivity contribution in [3.8, 4) is 0 Å². The zero-order chi connectivity index (χ0) is 16.9. The summed E-state index contributed by atoms with van der Waals surface area (Å²) < 4.78 is 5.12. The van der Waals surface area contributed by atoms with Crippen LogP contribution >= 0.6 is 11.6 Å². The summed E-state index contributed by atoms with van der Waals surface area (Å²) in [6.45, 7) is 1.56. The second-order valence-corrected chi connectivity index (χ2v) is 5.68. The first-order chi connectivity index (χ1) is 11.6. The number of nitrogens with zero attached hydrogens (tertiary/aromatic N) is 1. The van der Waals surface area contributed by atoms with Gasteiger partial charge in [0.25, 0.3) is 0 Å². The quantitative estimate of drug-likeness (QED) is 0.835. The number of rotatable bonds is 4. The van der Waals surface area contributed by atoms with Gasteiger partial charge >= 0.3 is 0 Å². The van der Waals surface area contributed by atoms with Crippen molar-refractivity contribution in [1.82, 2.24) is 5.32 Å². The van der Waals surface area contributed by atoms with Gasteiger partial charge in [0.1, 0.15) is 5.76 Å². The van der Waals surface area contributed by atoms with Gasteiger partial charge < -0.3 is 20.0 Å². The third kappa shape index (κ3) is 3.97. The van der Waals surface area contributed by atoms with Crippen LogP contribution in [0.4, 0.5) is 11.4 Å². The number of hydrogen-bond donors (Lipinski definition) is 2. The Morgan fingerprint density at radius 2 is 2.25 bits per heavy atom. The Hall–Kier alpha value is -2.73. The highest BCUT2D eigenvalue weighted by atomic mass is 35.5. The van der Waals surface area contributed by atoms with Crippen LogP contribution < -0.4 is 15.5 Å². The van der Waals surface area contributed by atoms with E-state index in [-0.39, 0.29) is 18.4 Å². The van der Waals surface area contributed by atoms with E-state index in [1.165, 1.54) is 12.3 Å². The van der Waals surface area contributed by atoms with E-state index < -0.39 is 0 Å². The molecule has 1 saturated heterocycles. The summed E-state index contributed by atoms with van der Waals surface area (Å²) in [5, 5.41) is 5.99. The van der Waals surface area contributed by atoms with E-state index >= 15 is 0 Å². The molecule has 0 radical (unpaired) electrons. The number of carbonyl (C=O) groups is 2. The number of halogens is 1. The van der Waals surface area contributed by atoms with E-state index in [1.807, 2.05) is 4.90 Å². The fourth-order valence-electron chi connectivity index (χ4n) is 2.41. The van der Waals surface area contributed by atoms with Crippen LogP contribution in [-0.4, -0.2) is 31.4 Å². The highest BCUT2D eigenvalue weighted by Gasteiger charge is 2.18. The average molecular weight is 346 g/mol. The predicted molar refractivity (Wildman–Crippen MR) is 93.0 cm³/mol. The lowest BCUT2D eigenvalue weighted by molar-refractivity contribution is -0.120. The third-order valence-electron chi connectivity index (χ3n) is 3.54. The molecule has 2 N–H and O–H groups in total. The minimum Gasteiger partial charge on any atom is -0.465 e. The molecule has 2 aromatic rings. The molecule has 3 rings (SSSR count). The molecule has 0 spiro atoms. The lowest BCUT2D eigenvalue weighted by Crippen LogP contribution is -2.47. The van der Waals surface area contributed by atoms with Gasteiger partial charge in [0.05, 0.1) is 23.5 Å². The molecule has 0 bridgehead atoms. The maximum atomic E-state index is 11.9. The maximum absolute atomic E-state index is 11.9. The number of anilines is 2. The second-order valence-electron chi connectivity index (χ2n) is 5.28. The lowest BCUT2D eigenvalue weighted by atomic mass is 10.2. The van der Waals surface area contributed by atoms with Gasteiger partial charge in [0.15, 0.2) is 0 Å². The van der Waals surface area contributed by atoms with Gasteiger partial charge in [0, 0.05) is 24.9 Å². The molecule has 0 atom stereocenters. The van der Waals surface area contributed by atoms with E-state index in [1.54, 1.807) is 36.4 Å². The summed E-state index contributed by atoms with van der Waals surface area (Å²) >= 11 is 6.29. The molecule has 2 heterocycles. The molecule has 0 aliphatic carbocycles. The lowest BCUT2D eigenvalue weighted by Gasteiger charge is -2.29. The van der Waals surface area contributed by atoms with Crippen molar-refractivity contribution in [3.05, 3.63) is 53.5 Å². The topological polar surface area (TPSA) is 74.6 Å². The summed E-state index contributed by atoms with van der Waals surface area (Å²) in [4.78, 5) is 25.3. The van der Waals surface area contributed by atoms with Crippen LogP contribution in [-0.2, 0) is 9.59 Å². The zero-order valence-electron chi connectivity index (χ0n) is 12.8. The first-order valence-electron chi connectivity index (χ1n) is 7.45. The Kier molecular flexibility index (Phi) is 4.86. The number of piperazine rings is 1. The van der Waals surface area contributed by atoms with Crippen molar-refractivity contribution in [2.24, 2.45) is 0 Å². The summed E-state index contributed by atoms with van der Waals surface area (Å²) in [6, 6.07) is 8.72. The van der Waals surface area contributed by atoms with Gasteiger partial charge in [-0.25, -0.2) is 0 Å². The Labute approximate surface area is 144 Å². The summed E-state index contributed by atoms with van der Waals surface area (Å²) in [5.41, 5.74) is 1.36. The maximum Gasteiger partial charge on any atom is 0.248 e. The average Bonchev–Trinajstić information content (AvgIpc) is 3.06. The van der Waals surface area contributed by atoms with Crippen molar-refractivity contribution in [3.63, 3.8) is 0 Å². The molecular weight excluding hydrogens is 330 g/mol. The number of hydrogen-bond acceptors (Lipinski definition) is 4. The normalized spacial score (nSPS) is 14.7. The number of amides is 2. The smallest absolute Gasteiger partial charge is 0.248 e. The highest BCUT2D eigenvalue weighted by Crippen LogP contribution is 2.29. The predicted octanol–water partition coefficient (Wildman–Crippen LogP) is 2.52. The molecule has 0 unspecified atom stereocenters. The van der Waals surface area contributed by atoms with Crippen molar-refractivity contribution < 1.29 is 14.0 Å². The van der Waals surface area contributed by atoms with Crippen LogP contribution in [0.25, 0.3) is 6.08 Å². The van der Waals surface area contributed by atoms with E-state index in [0.717, 1.165) is 5.69 Å². The van der Waals surface area contributed by atoms with Crippen LogP contribution in [0, 0.1) is 0 Å². The van der Waals surface area contributed by atoms with Crippen molar-refractivity contribution in [2.45, 2.75) is 0 Å². The van der Waals surface area contributed by atoms with Gasteiger partial charge in [-0.3, -0.25) is 9.59 Å². The summed E-state index contributed by atoms with van der Waals surface area (Å²) in [5.74, 6) is 0.284. The first kappa shape index (κ1) is 16.1. The zero-order valence-corrected chi connectivity index (χ0v) is 13.5. The SMILES string of the molecule is O=C(/C=C/c1ccco1)Nc1ccc(N2CCNC(=O)C2)c(Cl)c1. The Bertz CT molecular complexity index is 771. The summed E-state index contributed by atoms with van der Waals surface area (Å²) in [7, 11) is 0. The molecule has 1 fully saturated rings. The number of benzene rings is 1. The molecule has 1 aromatic heterocycles. The first-order valence-corrected chi connectivity index (χ1v) is 7.83. The monoisotopic (exact) mass is 345 g/mol. The molecule has 124 valence electrons. The van der Waals surface area contributed by atoms with E-state index in [2.05, 4.69) is 10.6 Å². The van der Waals surface area contributed by atoms with E-state index in [9.17, 15) is 9.59 Å². The molecule has 1 aromatic carbocycles. The largest absolute Gasteiger partial charge is 0.465 e. The molecular formula is C17H16ClN3O3. The van der Waals surface area contributed by atoms with Gasteiger partial charge in [-0.05, 0) is 36.4 Å². The Balaban J connectivity index is 1.66. The third-order valence-corrected chi connectivity index (χ3v) is 3.84. The minimum absolute atomic E-state index is 0.0299. The Morgan fingerprint density at radius 3 is 2.96 bits per heavy atom. The van der Waals surface area contributed by atoms with Crippen LogP contribution in [0.15, 0.2) is 47.1 Å². The van der Waals surface area contributed by atoms with Crippen molar-refractivity contribution in [1.29, 1.82) is 0 Å². The van der Waals surface area contributed by atoms with Crippen molar-refractivity contribution >= 4 is 40.9 Å². The van der Waals surface area contributed by atoms with E-state index in [4.69, 9.17) is 16.0 Å². The number of nitrogens with one attached hydrogen (secondary N) is 2. The van der Waals surface area contributed by atoms with Crippen LogP contribution in [0.3, 0.4) is 0 Å². The molecule has 1 aliphatic rings. The molecule has 0 saturated carbocycles. The van der Waals surface area contributed by atoms with Gasteiger partial charge in [-0.2, -0.15) is 0 Å². The number of furan rings is 1. The fraction of sp³-hybridized carbons (Fsp3) is 0.176. The number of carbonyl (C=O) groups excluding carboxylic acids is 2. The molecule has 7 heteroatoms. The second kappa shape index (κ2) is 7.23. The van der Waals surface area contributed by atoms with Gasteiger partial charge in [0.2, 0.25) is 11.8 Å². The van der Waals surface area contributed by atoms with Gasteiger partial charge in [-0.15, -0.1) is 0 Å². The van der Waals surface area contributed by atoms with Crippen LogP contribution in [0.1, 0.15) is 5.76 Å². The minimum atomic E-state index is -0.285. The van der Waals surface area contributed by atoms with Gasteiger partial charge in [-0.1, -0.05) is 11.6 Å². The Morgan fingerprint density at radius 1 is 1.38 bits per heavy atom. The molecule has 2 amide bonds. The fourth-order valence-corrected chi connectivity index (χ4v) is 2.71. The van der Waals surface area contributed by atoms with Crippen LogP contribution in [0.5, 0.6) is 0 Å². The summed E-state index contributed by atoms with van der Waals surface area (Å²) in [6.07, 6.45) is 4.50. The van der Waals surface area contributed by atoms with Crippen molar-refractivity contribution in [2.75, 3.05) is 29.9 Å². The standard InChI is InChI=1S/C17H16ClN3O3/c18-14-10-12(20-16(22)6-4-13-2-1-9-24-13)3-5-15(14)21-8-7-19-17(23)11-21/h1-6,9-10H,7-8,11H2,(H,19,23)(H,20,22)/b6-4+. The van der Waals surface area contributed by atoms with E-state index in [0.29, 0.717) is 29.6 Å². The molecule has 1 aliphatic heterocycles. The van der Waals surface area contributed by atoms with Crippen LogP contribution in [0.2, 0.25) is 5.02 Å². The molecule has 24 heavy (non-hydrogen) atoms. The highest BCUT2D eigenvalue weighted by molar-refractivity contribution is 6.33. The molecule has 6 nitrogen and oxygen atoms in total.